The predicted molar refractivity (Wildman–Crippen MR) is 73.8 cm³/mol. The number of likely N-dealkylation sites (N-methyl/N-ethyl adjacent to an activating group) is 2. The molecule has 0 aliphatic heterocycles. The zero-order valence-electron chi connectivity index (χ0n) is 11.5. The number of anilines is 2. The van der Waals surface area contributed by atoms with Gasteiger partial charge >= 0.3 is 0 Å². The molecule has 0 aliphatic carbocycles. The second kappa shape index (κ2) is 5.95. The summed E-state index contributed by atoms with van der Waals surface area (Å²) in [6.07, 6.45) is 4.96. The molecular formula is C11H16N8O. The van der Waals surface area contributed by atoms with E-state index in [4.69, 9.17) is 0 Å². The van der Waals surface area contributed by atoms with Crippen molar-refractivity contribution >= 4 is 17.8 Å². The van der Waals surface area contributed by atoms with Gasteiger partial charge in [-0.25, -0.2) is 4.98 Å². The smallest absolute Gasteiger partial charge is 0.241 e. The van der Waals surface area contributed by atoms with E-state index in [0.717, 1.165) is 0 Å². The first-order valence-corrected chi connectivity index (χ1v) is 5.98. The van der Waals surface area contributed by atoms with Gasteiger partial charge in [0, 0.05) is 33.5 Å². The second-order valence-corrected chi connectivity index (χ2v) is 4.01. The SMILES string of the molecule is CNC(=O)CN(C)c1nc(NC)nc(-n2ccnc2)n1. The zero-order chi connectivity index (χ0) is 14.5. The maximum atomic E-state index is 11.4. The number of aromatic nitrogens is 5. The molecule has 1 amide bonds. The average Bonchev–Trinajstić information content (AvgIpc) is 3.00. The van der Waals surface area contributed by atoms with Gasteiger partial charge in [-0.2, -0.15) is 15.0 Å². The lowest BCUT2D eigenvalue weighted by Crippen LogP contribution is -2.34. The van der Waals surface area contributed by atoms with Crippen molar-refractivity contribution in [2.24, 2.45) is 0 Å². The van der Waals surface area contributed by atoms with Crippen molar-refractivity contribution in [3.05, 3.63) is 18.7 Å². The third-order valence-electron chi connectivity index (χ3n) is 2.57. The molecule has 2 N–H and O–H groups in total. The van der Waals surface area contributed by atoms with Crippen LogP contribution in [0, 0.1) is 0 Å². The van der Waals surface area contributed by atoms with Crippen LogP contribution < -0.4 is 15.5 Å². The summed E-state index contributed by atoms with van der Waals surface area (Å²) in [7, 11) is 5.04. The molecule has 20 heavy (non-hydrogen) atoms. The number of nitrogens with one attached hydrogen (secondary N) is 2. The minimum absolute atomic E-state index is 0.122. The highest BCUT2D eigenvalue weighted by atomic mass is 16.1. The summed E-state index contributed by atoms with van der Waals surface area (Å²) in [5.74, 6) is 1.13. The molecule has 2 heterocycles. The quantitative estimate of drug-likeness (QED) is 0.743. The number of rotatable bonds is 5. The molecule has 2 aromatic heterocycles. The van der Waals surface area contributed by atoms with Crippen LogP contribution in [-0.2, 0) is 4.79 Å². The molecule has 0 saturated heterocycles. The van der Waals surface area contributed by atoms with Crippen molar-refractivity contribution in [1.29, 1.82) is 0 Å². The maximum absolute atomic E-state index is 11.4. The van der Waals surface area contributed by atoms with E-state index in [9.17, 15) is 4.79 Å². The fourth-order valence-corrected chi connectivity index (χ4v) is 1.49. The molecule has 0 atom stereocenters. The van der Waals surface area contributed by atoms with Crippen LogP contribution in [0.4, 0.5) is 11.9 Å². The van der Waals surface area contributed by atoms with Gasteiger partial charge in [0.1, 0.15) is 6.33 Å². The van der Waals surface area contributed by atoms with Gasteiger partial charge in [0.25, 0.3) is 0 Å². The largest absolute Gasteiger partial charge is 0.358 e. The number of carbonyl (C=O) groups is 1. The molecular weight excluding hydrogens is 260 g/mol. The summed E-state index contributed by atoms with van der Waals surface area (Å²) < 4.78 is 1.67. The summed E-state index contributed by atoms with van der Waals surface area (Å²) in [4.78, 5) is 29.8. The number of amides is 1. The van der Waals surface area contributed by atoms with Crippen LogP contribution in [0.1, 0.15) is 0 Å². The standard InChI is InChI=1S/C11H16N8O/c1-12-8(20)6-18(3)10-15-9(13-2)16-11(17-10)19-5-4-14-7-19/h4-5,7H,6H2,1-3H3,(H,12,20)(H,13,15,16,17). The summed E-state index contributed by atoms with van der Waals surface area (Å²) in [6, 6.07) is 0. The van der Waals surface area contributed by atoms with E-state index in [1.165, 1.54) is 0 Å². The molecule has 2 aromatic rings. The van der Waals surface area contributed by atoms with Gasteiger partial charge in [-0.1, -0.05) is 0 Å². The Morgan fingerprint density at radius 3 is 2.75 bits per heavy atom. The van der Waals surface area contributed by atoms with Crippen molar-refractivity contribution < 1.29 is 4.79 Å². The van der Waals surface area contributed by atoms with E-state index in [0.29, 0.717) is 17.8 Å². The Kier molecular flexibility index (Phi) is 4.08. The fourth-order valence-electron chi connectivity index (χ4n) is 1.49. The number of hydrogen-bond acceptors (Lipinski definition) is 7. The molecule has 0 aliphatic rings. The Morgan fingerprint density at radius 2 is 2.15 bits per heavy atom. The highest BCUT2D eigenvalue weighted by Crippen LogP contribution is 2.11. The Labute approximate surface area is 116 Å². The number of imidazole rings is 1. The van der Waals surface area contributed by atoms with Crippen LogP contribution >= 0.6 is 0 Å². The van der Waals surface area contributed by atoms with Crippen LogP contribution in [-0.4, -0.2) is 58.1 Å². The van der Waals surface area contributed by atoms with Gasteiger partial charge < -0.3 is 15.5 Å². The normalized spacial score (nSPS) is 10.2. The van der Waals surface area contributed by atoms with Gasteiger partial charge in [0.05, 0.1) is 6.54 Å². The summed E-state index contributed by atoms with van der Waals surface area (Å²) in [5, 5.41) is 5.42. The van der Waals surface area contributed by atoms with Gasteiger partial charge in [0.15, 0.2) is 0 Å². The minimum atomic E-state index is -0.122. The van der Waals surface area contributed by atoms with Crippen molar-refractivity contribution in [1.82, 2.24) is 29.8 Å². The Bertz CT molecular complexity index is 582. The third-order valence-corrected chi connectivity index (χ3v) is 2.57. The summed E-state index contributed by atoms with van der Waals surface area (Å²) >= 11 is 0. The first-order valence-electron chi connectivity index (χ1n) is 5.98. The predicted octanol–water partition coefficient (Wildman–Crippen LogP) is -0.719. The maximum Gasteiger partial charge on any atom is 0.241 e. The van der Waals surface area contributed by atoms with Gasteiger partial charge in [0.2, 0.25) is 23.8 Å². The van der Waals surface area contributed by atoms with Crippen molar-refractivity contribution in [3.8, 4) is 5.95 Å². The topological polar surface area (TPSA) is 101 Å². The molecule has 0 radical (unpaired) electrons. The average molecular weight is 276 g/mol. The molecule has 0 spiro atoms. The van der Waals surface area contributed by atoms with E-state index in [1.807, 2.05) is 0 Å². The summed E-state index contributed by atoms with van der Waals surface area (Å²) in [5.41, 5.74) is 0. The molecule has 0 bridgehead atoms. The molecule has 9 nitrogen and oxygen atoms in total. The fraction of sp³-hybridized carbons (Fsp3) is 0.364. The van der Waals surface area contributed by atoms with Gasteiger partial charge in [-0.05, 0) is 0 Å². The molecule has 9 heteroatoms. The third kappa shape index (κ3) is 2.99. The van der Waals surface area contributed by atoms with Crippen molar-refractivity contribution in [2.45, 2.75) is 0 Å². The lowest BCUT2D eigenvalue weighted by molar-refractivity contribution is -0.119. The van der Waals surface area contributed by atoms with Crippen LogP contribution in [0.5, 0.6) is 0 Å². The van der Waals surface area contributed by atoms with Crippen LogP contribution in [0.25, 0.3) is 5.95 Å². The van der Waals surface area contributed by atoms with Gasteiger partial charge in [-0.15, -0.1) is 0 Å². The van der Waals surface area contributed by atoms with Crippen molar-refractivity contribution in [3.63, 3.8) is 0 Å². The van der Waals surface area contributed by atoms with Crippen molar-refractivity contribution in [2.75, 3.05) is 37.9 Å². The Hall–Kier alpha value is -2.71. The first-order chi connectivity index (χ1) is 9.63. The van der Waals surface area contributed by atoms with Crippen LogP contribution in [0.3, 0.4) is 0 Å². The molecule has 0 fully saturated rings. The monoisotopic (exact) mass is 276 g/mol. The first kappa shape index (κ1) is 13.7. The van der Waals surface area contributed by atoms with E-state index in [2.05, 4.69) is 30.6 Å². The summed E-state index contributed by atoms with van der Waals surface area (Å²) in [6.45, 7) is 0.160. The van der Waals surface area contributed by atoms with E-state index in [-0.39, 0.29) is 12.5 Å². The van der Waals surface area contributed by atoms with Gasteiger partial charge in [-0.3, -0.25) is 9.36 Å². The molecule has 2 rings (SSSR count). The Morgan fingerprint density at radius 1 is 1.35 bits per heavy atom. The van der Waals surface area contributed by atoms with E-state index >= 15 is 0 Å². The highest BCUT2D eigenvalue weighted by molar-refractivity contribution is 5.80. The molecule has 106 valence electrons. The van der Waals surface area contributed by atoms with Crippen LogP contribution in [0.15, 0.2) is 18.7 Å². The van der Waals surface area contributed by atoms with E-state index < -0.39 is 0 Å². The number of hydrogen-bond donors (Lipinski definition) is 2. The van der Waals surface area contributed by atoms with E-state index in [1.54, 1.807) is 49.3 Å². The molecule has 0 unspecified atom stereocenters. The number of nitrogens with zero attached hydrogens (tertiary/aromatic N) is 6. The molecule has 0 aromatic carbocycles. The van der Waals surface area contributed by atoms with Crippen LogP contribution in [0.2, 0.25) is 0 Å². The second-order valence-electron chi connectivity index (χ2n) is 4.01. The number of carbonyl (C=O) groups excluding carboxylic acids is 1. The highest BCUT2D eigenvalue weighted by Gasteiger charge is 2.13. The molecule has 0 saturated carbocycles. The lowest BCUT2D eigenvalue weighted by Gasteiger charge is -2.17. The Balaban J connectivity index is 2.33. The zero-order valence-corrected chi connectivity index (χ0v) is 11.5. The lowest BCUT2D eigenvalue weighted by atomic mass is 10.5. The minimum Gasteiger partial charge on any atom is -0.358 e.